The minimum absolute atomic E-state index is 0.173. The van der Waals surface area contributed by atoms with Gasteiger partial charge in [0.15, 0.2) is 0 Å². The van der Waals surface area contributed by atoms with Gasteiger partial charge < -0.3 is 15.2 Å². The van der Waals surface area contributed by atoms with E-state index in [1.165, 1.54) is 18.4 Å². The van der Waals surface area contributed by atoms with Gasteiger partial charge in [-0.2, -0.15) is 0 Å². The lowest BCUT2D eigenvalue weighted by Crippen LogP contribution is -2.54. The van der Waals surface area contributed by atoms with E-state index in [1.807, 2.05) is 24.3 Å². The van der Waals surface area contributed by atoms with E-state index in [-0.39, 0.29) is 23.4 Å². The average molecular weight is 474 g/mol. The van der Waals surface area contributed by atoms with Crippen LogP contribution in [-0.4, -0.2) is 34.7 Å². The molecule has 9 nitrogen and oxygen atoms in total. The number of aromatic nitrogens is 2. The normalized spacial score (nSPS) is 11.5. The standard InChI is InChI=1S/C23H27N3O6S/c1-6-32-20(28)17-13(2)16-18(27)26(23(3,4)21(24)29)22(30)25(19(16)33-17)12-11-14-9-7-8-10-15(14)31-5/h7-10H,6,11-12H2,1-5H3,(H2,24,29). The molecular weight excluding hydrogens is 446 g/mol. The van der Waals surface area contributed by atoms with Crippen LogP contribution in [0.1, 0.15) is 41.6 Å². The number of benzene rings is 1. The molecule has 0 aliphatic rings. The van der Waals surface area contributed by atoms with Crippen molar-refractivity contribution in [3.05, 3.63) is 61.1 Å². The number of amides is 1. The molecule has 0 spiro atoms. The Morgan fingerprint density at radius 1 is 1.18 bits per heavy atom. The van der Waals surface area contributed by atoms with Crippen LogP contribution in [0, 0.1) is 6.92 Å². The van der Waals surface area contributed by atoms with Crippen molar-refractivity contribution in [3.8, 4) is 5.75 Å². The van der Waals surface area contributed by atoms with Gasteiger partial charge in [-0.1, -0.05) is 18.2 Å². The largest absolute Gasteiger partial charge is 0.496 e. The quantitative estimate of drug-likeness (QED) is 0.500. The van der Waals surface area contributed by atoms with Crippen molar-refractivity contribution in [3.63, 3.8) is 0 Å². The van der Waals surface area contributed by atoms with E-state index in [4.69, 9.17) is 15.2 Å². The minimum Gasteiger partial charge on any atom is -0.496 e. The van der Waals surface area contributed by atoms with Gasteiger partial charge in [-0.15, -0.1) is 11.3 Å². The highest BCUT2D eigenvalue weighted by molar-refractivity contribution is 7.20. The first-order valence-electron chi connectivity index (χ1n) is 10.4. The Kier molecular flexibility index (Phi) is 6.78. The molecule has 33 heavy (non-hydrogen) atoms. The predicted octanol–water partition coefficient (Wildman–Crippen LogP) is 2.18. The molecule has 2 aromatic heterocycles. The van der Waals surface area contributed by atoms with Gasteiger partial charge in [0, 0.05) is 6.54 Å². The van der Waals surface area contributed by atoms with Gasteiger partial charge >= 0.3 is 11.7 Å². The van der Waals surface area contributed by atoms with Crippen LogP contribution in [0.2, 0.25) is 0 Å². The molecule has 0 bridgehead atoms. The highest BCUT2D eigenvalue weighted by Crippen LogP contribution is 2.30. The Labute approximate surface area is 194 Å². The van der Waals surface area contributed by atoms with E-state index in [0.717, 1.165) is 21.5 Å². The molecule has 2 heterocycles. The second kappa shape index (κ2) is 9.22. The number of para-hydroxylation sites is 1. The second-order valence-corrected chi connectivity index (χ2v) is 9.02. The summed E-state index contributed by atoms with van der Waals surface area (Å²) in [5.74, 6) is -0.724. The lowest BCUT2D eigenvalue weighted by molar-refractivity contribution is -0.125. The molecule has 0 aliphatic carbocycles. The summed E-state index contributed by atoms with van der Waals surface area (Å²) in [4.78, 5) is 52.2. The maximum absolute atomic E-state index is 13.5. The Balaban J connectivity index is 2.31. The Bertz CT molecular complexity index is 1350. The summed E-state index contributed by atoms with van der Waals surface area (Å²) in [7, 11) is 1.56. The fraction of sp³-hybridized carbons (Fsp3) is 0.391. The molecule has 0 unspecified atom stereocenters. The van der Waals surface area contributed by atoms with Crippen LogP contribution in [0.25, 0.3) is 10.2 Å². The average Bonchev–Trinajstić information content (AvgIpc) is 3.11. The fourth-order valence-electron chi connectivity index (χ4n) is 3.68. The van der Waals surface area contributed by atoms with Crippen molar-refractivity contribution in [2.75, 3.05) is 13.7 Å². The van der Waals surface area contributed by atoms with Gasteiger partial charge in [0.1, 0.15) is 21.0 Å². The van der Waals surface area contributed by atoms with E-state index in [1.54, 1.807) is 21.0 Å². The predicted molar refractivity (Wildman–Crippen MR) is 126 cm³/mol. The summed E-state index contributed by atoms with van der Waals surface area (Å²) >= 11 is 1.03. The van der Waals surface area contributed by atoms with Crippen LogP contribution in [0.15, 0.2) is 33.9 Å². The molecule has 0 fully saturated rings. The molecule has 0 saturated heterocycles. The van der Waals surface area contributed by atoms with E-state index in [9.17, 15) is 19.2 Å². The molecule has 2 N–H and O–H groups in total. The number of nitrogens with zero attached hydrogens (tertiary/aromatic N) is 2. The highest BCUT2D eigenvalue weighted by Gasteiger charge is 2.34. The SMILES string of the molecule is CCOC(=O)c1sc2c(c1C)c(=O)n(C(C)(C)C(N)=O)c(=O)n2CCc1ccccc1OC. The van der Waals surface area contributed by atoms with Gasteiger partial charge in [0.2, 0.25) is 5.91 Å². The minimum atomic E-state index is -1.58. The number of carbonyl (C=O) groups is 2. The summed E-state index contributed by atoms with van der Waals surface area (Å²) in [6, 6.07) is 7.41. The van der Waals surface area contributed by atoms with Crippen LogP contribution in [0.4, 0.5) is 0 Å². The lowest BCUT2D eigenvalue weighted by atomic mass is 10.0. The molecular formula is C23H27N3O6S. The first kappa shape index (κ1) is 24.2. The molecule has 0 radical (unpaired) electrons. The number of aryl methyl sites for hydroxylation is 3. The van der Waals surface area contributed by atoms with Gasteiger partial charge in [-0.05, 0) is 51.3 Å². The summed E-state index contributed by atoms with van der Waals surface area (Å²) in [5.41, 5.74) is 3.88. The van der Waals surface area contributed by atoms with Crippen LogP contribution >= 0.6 is 11.3 Å². The highest BCUT2D eigenvalue weighted by atomic mass is 32.1. The number of carbonyl (C=O) groups excluding carboxylic acids is 2. The van der Waals surface area contributed by atoms with Crippen molar-refractivity contribution in [2.45, 2.75) is 46.2 Å². The van der Waals surface area contributed by atoms with Crippen LogP contribution in [0.3, 0.4) is 0 Å². The van der Waals surface area contributed by atoms with Gasteiger partial charge in [-0.25, -0.2) is 14.2 Å². The molecule has 1 amide bonds. The number of rotatable bonds is 8. The molecule has 176 valence electrons. The number of thiophene rings is 1. The smallest absolute Gasteiger partial charge is 0.348 e. The number of ether oxygens (including phenoxy) is 2. The number of hydrogen-bond acceptors (Lipinski definition) is 7. The van der Waals surface area contributed by atoms with E-state index in [2.05, 4.69) is 0 Å². The van der Waals surface area contributed by atoms with Gasteiger partial charge in [-0.3, -0.25) is 14.2 Å². The molecule has 0 aliphatic heterocycles. The van der Waals surface area contributed by atoms with Crippen LogP contribution in [-0.2, 0) is 28.0 Å². The zero-order chi connectivity index (χ0) is 24.5. The number of methoxy groups -OCH3 is 1. The zero-order valence-corrected chi connectivity index (χ0v) is 20.1. The summed E-state index contributed by atoms with van der Waals surface area (Å²) < 4.78 is 12.8. The number of hydrogen-bond donors (Lipinski definition) is 1. The van der Waals surface area contributed by atoms with E-state index >= 15 is 0 Å². The van der Waals surface area contributed by atoms with Crippen molar-refractivity contribution < 1.29 is 19.1 Å². The van der Waals surface area contributed by atoms with Gasteiger partial charge in [0.05, 0.1) is 19.1 Å². The third-order valence-corrected chi connectivity index (χ3v) is 6.93. The third kappa shape index (κ3) is 4.18. The maximum Gasteiger partial charge on any atom is 0.348 e. The number of esters is 1. The van der Waals surface area contributed by atoms with E-state index in [0.29, 0.717) is 22.6 Å². The van der Waals surface area contributed by atoms with Crippen LogP contribution in [0.5, 0.6) is 5.75 Å². The van der Waals surface area contributed by atoms with Crippen molar-refractivity contribution in [1.82, 2.24) is 9.13 Å². The molecule has 3 rings (SSSR count). The number of primary amides is 1. The van der Waals surface area contributed by atoms with Crippen molar-refractivity contribution >= 4 is 33.4 Å². The van der Waals surface area contributed by atoms with Crippen molar-refractivity contribution in [2.24, 2.45) is 5.73 Å². The fourth-order valence-corrected chi connectivity index (χ4v) is 4.89. The first-order chi connectivity index (χ1) is 15.6. The molecule has 0 atom stereocenters. The summed E-state index contributed by atoms with van der Waals surface area (Å²) in [6.45, 7) is 6.51. The topological polar surface area (TPSA) is 123 Å². The first-order valence-corrected chi connectivity index (χ1v) is 11.3. The lowest BCUT2D eigenvalue weighted by Gasteiger charge is -2.24. The summed E-state index contributed by atoms with van der Waals surface area (Å²) in [6.07, 6.45) is 0.417. The molecule has 10 heteroatoms. The zero-order valence-electron chi connectivity index (χ0n) is 19.3. The number of fused-ring (bicyclic) bond motifs is 1. The monoisotopic (exact) mass is 473 g/mol. The van der Waals surface area contributed by atoms with Crippen molar-refractivity contribution in [1.29, 1.82) is 0 Å². The second-order valence-electron chi connectivity index (χ2n) is 8.02. The molecule has 3 aromatic rings. The number of nitrogens with two attached hydrogens (primary N) is 1. The van der Waals surface area contributed by atoms with Crippen LogP contribution < -0.4 is 21.7 Å². The van der Waals surface area contributed by atoms with Gasteiger partial charge in [0.25, 0.3) is 5.56 Å². The van der Waals surface area contributed by atoms with E-state index < -0.39 is 28.7 Å². The molecule has 1 aromatic carbocycles. The summed E-state index contributed by atoms with van der Waals surface area (Å²) in [5, 5.41) is 0.192. The third-order valence-electron chi connectivity index (χ3n) is 5.63. The Hall–Kier alpha value is -3.40. The Morgan fingerprint density at radius 3 is 2.45 bits per heavy atom. The Morgan fingerprint density at radius 2 is 1.85 bits per heavy atom. The molecule has 0 saturated carbocycles. The maximum atomic E-state index is 13.5.